The average Bonchev–Trinajstić information content (AvgIpc) is 2.03. The molecule has 0 fully saturated rings. The molecule has 0 radical (unpaired) electrons. The standard InChI is InChI=1S/C10H16IN2/c1-11(2,3)9-6-4-8(5-7-9)10(12)13/h4-7H,1-3H3,(H3,12,13)/q-1. The van der Waals surface area contributed by atoms with E-state index in [2.05, 4.69) is 26.9 Å². The summed E-state index contributed by atoms with van der Waals surface area (Å²) in [5.74, 6) is 0.145. The number of rotatable bonds is 2. The molecule has 3 heteroatoms. The molecule has 74 valence electrons. The zero-order valence-electron chi connectivity index (χ0n) is 8.26. The first-order valence-electron chi connectivity index (χ1n) is 3.93. The summed E-state index contributed by atoms with van der Waals surface area (Å²) in [7, 11) is 0. The van der Waals surface area contributed by atoms with Crippen molar-refractivity contribution in [2.45, 2.75) is 0 Å². The number of hydrogen-bond acceptors (Lipinski definition) is 1. The van der Waals surface area contributed by atoms with Gasteiger partial charge in [-0.05, 0) is 0 Å². The van der Waals surface area contributed by atoms with Gasteiger partial charge in [-0.1, -0.05) is 0 Å². The molecule has 2 nitrogen and oxygen atoms in total. The van der Waals surface area contributed by atoms with Gasteiger partial charge in [0.1, 0.15) is 0 Å². The topological polar surface area (TPSA) is 49.9 Å². The predicted molar refractivity (Wildman–Crippen MR) is 53.9 cm³/mol. The molecule has 0 saturated carbocycles. The van der Waals surface area contributed by atoms with E-state index in [4.69, 9.17) is 11.1 Å². The molecule has 1 aromatic rings. The molecule has 0 spiro atoms. The number of benzene rings is 1. The maximum absolute atomic E-state index is 7.25. The maximum atomic E-state index is 7.25. The van der Waals surface area contributed by atoms with E-state index in [9.17, 15) is 0 Å². The average molecular weight is 291 g/mol. The van der Waals surface area contributed by atoms with Gasteiger partial charge in [0.05, 0.1) is 0 Å². The van der Waals surface area contributed by atoms with E-state index in [-0.39, 0.29) is 5.84 Å². The van der Waals surface area contributed by atoms with Gasteiger partial charge in [-0.15, -0.1) is 0 Å². The second-order valence-corrected chi connectivity index (χ2v) is 14.6. The molecule has 3 N–H and O–H groups in total. The van der Waals surface area contributed by atoms with Crippen LogP contribution in [0.5, 0.6) is 0 Å². The summed E-state index contributed by atoms with van der Waals surface area (Å²) < 4.78 is 1.44. The fourth-order valence-corrected chi connectivity index (χ4v) is 3.52. The number of nitrogens with two attached hydrogens (primary N) is 1. The monoisotopic (exact) mass is 291 g/mol. The van der Waals surface area contributed by atoms with Gasteiger partial charge in [0.15, 0.2) is 0 Å². The first kappa shape index (κ1) is 10.5. The Hall–Kier alpha value is -0.580. The van der Waals surface area contributed by atoms with Crippen molar-refractivity contribution in [3.63, 3.8) is 0 Å². The number of nitrogens with one attached hydrogen (secondary N) is 1. The molecule has 0 aliphatic carbocycles. The molecular weight excluding hydrogens is 275 g/mol. The third-order valence-electron chi connectivity index (χ3n) is 1.81. The number of hydrogen-bond donors (Lipinski definition) is 2. The van der Waals surface area contributed by atoms with Gasteiger partial charge < -0.3 is 0 Å². The Morgan fingerprint density at radius 1 is 1.15 bits per heavy atom. The van der Waals surface area contributed by atoms with Crippen LogP contribution in [-0.4, -0.2) is 20.6 Å². The van der Waals surface area contributed by atoms with E-state index in [1.54, 1.807) is 0 Å². The van der Waals surface area contributed by atoms with Gasteiger partial charge in [0, 0.05) is 0 Å². The second kappa shape index (κ2) is 3.65. The normalized spacial score (nSPS) is 12.5. The predicted octanol–water partition coefficient (Wildman–Crippen LogP) is -1.81. The number of amidine groups is 1. The molecule has 1 aromatic carbocycles. The zero-order chi connectivity index (χ0) is 10.1. The van der Waals surface area contributed by atoms with E-state index < -0.39 is 18.4 Å². The summed E-state index contributed by atoms with van der Waals surface area (Å²) in [6.45, 7) is 0. The van der Waals surface area contributed by atoms with Gasteiger partial charge in [-0.2, -0.15) is 0 Å². The van der Waals surface area contributed by atoms with Crippen LogP contribution in [0, 0.1) is 8.98 Å². The fourth-order valence-electron chi connectivity index (χ4n) is 1.01. The van der Waals surface area contributed by atoms with Crippen LogP contribution in [0.2, 0.25) is 0 Å². The van der Waals surface area contributed by atoms with Crippen molar-refractivity contribution in [3.8, 4) is 0 Å². The summed E-state index contributed by atoms with van der Waals surface area (Å²) in [4.78, 5) is 7.03. The van der Waals surface area contributed by atoms with E-state index in [1.165, 1.54) is 3.57 Å². The van der Waals surface area contributed by atoms with Crippen molar-refractivity contribution in [2.24, 2.45) is 5.73 Å². The van der Waals surface area contributed by atoms with Crippen LogP contribution in [0.15, 0.2) is 24.3 Å². The molecule has 0 aliphatic heterocycles. The molecule has 0 aromatic heterocycles. The SMILES string of the molecule is C[I-](C)(C)c1ccc(C(=N)N)cc1. The Kier molecular flexibility index (Phi) is 2.95. The van der Waals surface area contributed by atoms with Gasteiger partial charge in [0.2, 0.25) is 0 Å². The third kappa shape index (κ3) is 2.69. The zero-order valence-corrected chi connectivity index (χ0v) is 10.4. The molecule has 0 bridgehead atoms. The van der Waals surface area contributed by atoms with Crippen molar-refractivity contribution >= 4 is 5.84 Å². The molecule has 0 amide bonds. The Balaban J connectivity index is 3.01. The van der Waals surface area contributed by atoms with E-state index in [1.807, 2.05) is 12.1 Å². The molecule has 0 unspecified atom stereocenters. The van der Waals surface area contributed by atoms with E-state index in [0.717, 1.165) is 5.56 Å². The van der Waals surface area contributed by atoms with Crippen molar-refractivity contribution < 1.29 is 18.4 Å². The van der Waals surface area contributed by atoms with Crippen LogP contribution in [0.4, 0.5) is 0 Å². The fraction of sp³-hybridized carbons (Fsp3) is 0.300. The minimum absolute atomic E-state index is 0.145. The Morgan fingerprint density at radius 2 is 1.62 bits per heavy atom. The molecular formula is C10H16IN2-. The third-order valence-corrected chi connectivity index (χ3v) is 6.27. The summed E-state index contributed by atoms with van der Waals surface area (Å²) >= 11 is -1.61. The van der Waals surface area contributed by atoms with Crippen molar-refractivity contribution in [1.82, 2.24) is 0 Å². The van der Waals surface area contributed by atoms with Crippen molar-refractivity contribution in [3.05, 3.63) is 33.4 Å². The van der Waals surface area contributed by atoms with Gasteiger partial charge in [0.25, 0.3) is 0 Å². The molecule has 13 heavy (non-hydrogen) atoms. The van der Waals surface area contributed by atoms with Gasteiger partial charge >= 0.3 is 83.6 Å². The van der Waals surface area contributed by atoms with Crippen LogP contribution in [0.3, 0.4) is 0 Å². The Bertz CT molecular complexity index is 309. The molecule has 0 atom stereocenters. The van der Waals surface area contributed by atoms with Crippen LogP contribution < -0.4 is 24.2 Å². The number of nitrogen functional groups attached to an aromatic ring is 1. The van der Waals surface area contributed by atoms with Crippen LogP contribution in [0.25, 0.3) is 0 Å². The van der Waals surface area contributed by atoms with Gasteiger partial charge in [-0.3, -0.25) is 0 Å². The van der Waals surface area contributed by atoms with E-state index >= 15 is 0 Å². The minimum atomic E-state index is -1.61. The molecule has 0 heterocycles. The van der Waals surface area contributed by atoms with Crippen LogP contribution in [0.1, 0.15) is 5.56 Å². The number of halogens is 1. The van der Waals surface area contributed by atoms with Crippen molar-refractivity contribution in [2.75, 3.05) is 14.8 Å². The summed E-state index contributed by atoms with van der Waals surface area (Å²) in [5.41, 5.74) is 6.18. The summed E-state index contributed by atoms with van der Waals surface area (Å²) in [6, 6.07) is 8.08. The van der Waals surface area contributed by atoms with Crippen LogP contribution >= 0.6 is 0 Å². The first-order chi connectivity index (χ1) is 5.91. The Labute approximate surface area is 83.5 Å². The first-order valence-corrected chi connectivity index (χ1v) is 11.5. The van der Waals surface area contributed by atoms with E-state index in [0.29, 0.717) is 0 Å². The summed E-state index contributed by atoms with van der Waals surface area (Å²) in [6.07, 6.45) is 0. The Morgan fingerprint density at radius 3 is 1.92 bits per heavy atom. The quantitative estimate of drug-likeness (QED) is 0.287. The van der Waals surface area contributed by atoms with Crippen LogP contribution in [-0.2, 0) is 0 Å². The second-order valence-electron chi connectivity index (χ2n) is 3.62. The number of alkyl halides is 3. The van der Waals surface area contributed by atoms with Gasteiger partial charge in [-0.25, -0.2) is 0 Å². The van der Waals surface area contributed by atoms with Crippen molar-refractivity contribution in [1.29, 1.82) is 5.41 Å². The molecule has 1 rings (SSSR count). The molecule has 0 saturated heterocycles. The molecule has 0 aliphatic rings. The summed E-state index contributed by atoms with van der Waals surface area (Å²) in [5, 5.41) is 7.25.